The van der Waals surface area contributed by atoms with Crippen LogP contribution in [-0.2, 0) is 11.3 Å². The lowest BCUT2D eigenvalue weighted by Crippen LogP contribution is -2.46. The van der Waals surface area contributed by atoms with E-state index in [-0.39, 0.29) is 5.91 Å². The summed E-state index contributed by atoms with van der Waals surface area (Å²) in [7, 11) is 2.11. The number of benzene rings is 2. The second kappa shape index (κ2) is 8.90. The molecule has 0 unspecified atom stereocenters. The molecule has 0 spiro atoms. The van der Waals surface area contributed by atoms with Crippen molar-refractivity contribution in [1.29, 1.82) is 0 Å². The van der Waals surface area contributed by atoms with Crippen LogP contribution >= 0.6 is 35.0 Å². The van der Waals surface area contributed by atoms with Gasteiger partial charge in [-0.15, -0.1) is 0 Å². The number of thioether (sulfide) groups is 1. The Balaban J connectivity index is 1.34. The molecular weight excluding hydrogens is 465 g/mol. The van der Waals surface area contributed by atoms with Crippen LogP contribution in [0.1, 0.15) is 11.1 Å². The Morgan fingerprint density at radius 2 is 1.91 bits per heavy atom. The molecule has 0 aliphatic carbocycles. The number of fused-ring (bicyclic) bond motifs is 1. The van der Waals surface area contributed by atoms with Gasteiger partial charge in [0.25, 0.3) is 5.91 Å². The third-order valence-electron chi connectivity index (χ3n) is 5.68. The van der Waals surface area contributed by atoms with Crippen LogP contribution in [0.3, 0.4) is 0 Å². The average molecular weight is 486 g/mol. The molecule has 0 bridgehead atoms. The number of carbonyl (C=O) groups is 1. The topological polar surface area (TPSA) is 53.7 Å². The van der Waals surface area contributed by atoms with Crippen molar-refractivity contribution in [2.24, 2.45) is 4.99 Å². The Morgan fingerprint density at radius 3 is 2.69 bits per heavy atom. The highest BCUT2D eigenvalue weighted by molar-refractivity contribution is 8.18. The molecule has 0 saturated carbocycles. The van der Waals surface area contributed by atoms with Crippen molar-refractivity contribution in [2.75, 3.05) is 33.2 Å². The van der Waals surface area contributed by atoms with Crippen molar-refractivity contribution >= 4 is 63.0 Å². The van der Waals surface area contributed by atoms with Gasteiger partial charge in [0.05, 0.1) is 23.2 Å². The molecule has 0 radical (unpaired) electrons. The number of hydrogen-bond acceptors (Lipinski definition) is 5. The number of rotatable bonds is 3. The van der Waals surface area contributed by atoms with E-state index >= 15 is 0 Å². The van der Waals surface area contributed by atoms with E-state index in [1.165, 1.54) is 11.8 Å². The minimum atomic E-state index is -0.169. The summed E-state index contributed by atoms with van der Waals surface area (Å²) in [5, 5.41) is 7.56. The standard InChI is InChI=1S/C23H21Cl2N5OS/c1-28-6-8-29(9-7-28)23-27-22(31)21(32-23)11-15-2-5-20-17(10-15)13-26-30(20)14-16-3-4-18(24)12-19(16)25/h2-5,10-13H,6-9,14H2,1H3/b21-11-. The molecule has 32 heavy (non-hydrogen) atoms. The van der Waals surface area contributed by atoms with E-state index in [0.717, 1.165) is 53.4 Å². The SMILES string of the molecule is CN1CCN(C2=NC(=O)/C(=C/c3ccc4c(cnn4Cc4ccc(Cl)cc4Cl)c3)S2)CC1. The third-order valence-corrected chi connectivity index (χ3v) is 7.31. The normalized spacial score (nSPS) is 18.7. The largest absolute Gasteiger partial charge is 0.348 e. The van der Waals surface area contributed by atoms with Gasteiger partial charge in [0.1, 0.15) is 0 Å². The van der Waals surface area contributed by atoms with Crippen LogP contribution in [0.25, 0.3) is 17.0 Å². The molecule has 0 atom stereocenters. The molecule has 1 amide bonds. The predicted octanol–water partition coefficient (Wildman–Crippen LogP) is 4.61. The van der Waals surface area contributed by atoms with Crippen LogP contribution in [0, 0.1) is 0 Å². The van der Waals surface area contributed by atoms with Gasteiger partial charge in [0.2, 0.25) is 0 Å². The number of halogens is 2. The van der Waals surface area contributed by atoms with E-state index < -0.39 is 0 Å². The predicted molar refractivity (Wildman–Crippen MR) is 132 cm³/mol. The van der Waals surface area contributed by atoms with Crippen molar-refractivity contribution < 1.29 is 4.79 Å². The number of amidine groups is 1. The van der Waals surface area contributed by atoms with Crippen LogP contribution in [0.15, 0.2) is 52.5 Å². The Labute approximate surface area is 200 Å². The van der Waals surface area contributed by atoms with Gasteiger partial charge in [0.15, 0.2) is 5.17 Å². The fraction of sp³-hybridized carbons (Fsp3) is 0.261. The average Bonchev–Trinajstić information content (AvgIpc) is 3.34. The Morgan fingerprint density at radius 1 is 1.09 bits per heavy atom. The Kier molecular flexibility index (Phi) is 5.99. The molecule has 9 heteroatoms. The lowest BCUT2D eigenvalue weighted by molar-refractivity contribution is -0.113. The molecule has 1 saturated heterocycles. The summed E-state index contributed by atoms with van der Waals surface area (Å²) in [5.41, 5.74) is 2.90. The highest BCUT2D eigenvalue weighted by atomic mass is 35.5. The summed E-state index contributed by atoms with van der Waals surface area (Å²) < 4.78 is 1.91. The van der Waals surface area contributed by atoms with Crippen molar-refractivity contribution in [1.82, 2.24) is 19.6 Å². The zero-order valence-electron chi connectivity index (χ0n) is 17.5. The number of aliphatic imine (C=N–C) groups is 1. The Hall–Kier alpha value is -2.32. The summed E-state index contributed by atoms with van der Waals surface area (Å²) in [6.45, 7) is 4.30. The zero-order valence-corrected chi connectivity index (χ0v) is 19.8. The minimum Gasteiger partial charge on any atom is -0.348 e. The van der Waals surface area contributed by atoms with E-state index in [9.17, 15) is 4.79 Å². The minimum absolute atomic E-state index is 0.169. The quantitative estimate of drug-likeness (QED) is 0.507. The molecule has 1 aromatic heterocycles. The van der Waals surface area contributed by atoms with Crippen molar-refractivity contribution in [3.63, 3.8) is 0 Å². The van der Waals surface area contributed by atoms with Gasteiger partial charge in [-0.05, 0) is 60.3 Å². The van der Waals surface area contributed by atoms with Crippen LogP contribution in [-0.4, -0.2) is 63.9 Å². The van der Waals surface area contributed by atoms with Crippen molar-refractivity contribution in [3.8, 4) is 0 Å². The lowest BCUT2D eigenvalue weighted by atomic mass is 10.1. The summed E-state index contributed by atoms with van der Waals surface area (Å²) in [5.74, 6) is -0.169. The van der Waals surface area contributed by atoms with E-state index in [2.05, 4.69) is 26.9 Å². The summed E-state index contributed by atoms with van der Waals surface area (Å²) in [6.07, 6.45) is 3.74. The maximum atomic E-state index is 12.5. The number of hydrogen-bond donors (Lipinski definition) is 0. The lowest BCUT2D eigenvalue weighted by Gasteiger charge is -2.32. The second-order valence-corrected chi connectivity index (χ2v) is 9.81. The fourth-order valence-electron chi connectivity index (χ4n) is 3.81. The first kappa shape index (κ1) is 21.5. The molecule has 1 fully saturated rings. The molecule has 6 nitrogen and oxygen atoms in total. The van der Waals surface area contributed by atoms with E-state index in [4.69, 9.17) is 23.2 Å². The molecule has 3 heterocycles. The number of likely N-dealkylation sites (N-methyl/N-ethyl adjacent to an activating group) is 1. The van der Waals surface area contributed by atoms with Crippen LogP contribution in [0.2, 0.25) is 10.0 Å². The highest BCUT2D eigenvalue weighted by Crippen LogP contribution is 2.31. The van der Waals surface area contributed by atoms with Crippen molar-refractivity contribution in [2.45, 2.75) is 6.54 Å². The fourth-order valence-corrected chi connectivity index (χ4v) is 5.25. The molecule has 3 aromatic rings. The molecule has 5 rings (SSSR count). The molecule has 2 aromatic carbocycles. The number of aromatic nitrogens is 2. The molecule has 2 aliphatic rings. The number of amides is 1. The first-order chi connectivity index (χ1) is 15.5. The third kappa shape index (κ3) is 4.43. The monoisotopic (exact) mass is 485 g/mol. The number of piperazine rings is 1. The van der Waals surface area contributed by atoms with Gasteiger partial charge in [-0.2, -0.15) is 10.1 Å². The molecular formula is C23H21Cl2N5OS. The van der Waals surface area contributed by atoms with Crippen LogP contribution in [0.4, 0.5) is 0 Å². The summed E-state index contributed by atoms with van der Waals surface area (Å²) >= 11 is 13.8. The molecule has 0 N–H and O–H groups in total. The Bertz CT molecular complexity index is 1260. The van der Waals surface area contributed by atoms with Gasteiger partial charge < -0.3 is 9.80 Å². The smallest absolute Gasteiger partial charge is 0.286 e. The number of nitrogens with zero attached hydrogens (tertiary/aromatic N) is 5. The van der Waals surface area contributed by atoms with E-state index in [0.29, 0.717) is 21.5 Å². The summed E-state index contributed by atoms with van der Waals surface area (Å²) in [6, 6.07) is 11.5. The highest BCUT2D eigenvalue weighted by Gasteiger charge is 2.27. The first-order valence-corrected chi connectivity index (χ1v) is 11.9. The molecule has 2 aliphatic heterocycles. The first-order valence-electron chi connectivity index (χ1n) is 10.3. The van der Waals surface area contributed by atoms with E-state index in [1.807, 2.05) is 47.3 Å². The van der Waals surface area contributed by atoms with Crippen LogP contribution in [0.5, 0.6) is 0 Å². The van der Waals surface area contributed by atoms with Gasteiger partial charge in [-0.25, -0.2) is 0 Å². The molecule has 164 valence electrons. The maximum absolute atomic E-state index is 12.5. The second-order valence-electron chi connectivity index (χ2n) is 7.96. The number of carbonyl (C=O) groups excluding carboxylic acids is 1. The van der Waals surface area contributed by atoms with E-state index in [1.54, 1.807) is 6.07 Å². The zero-order chi connectivity index (χ0) is 22.2. The maximum Gasteiger partial charge on any atom is 0.286 e. The van der Waals surface area contributed by atoms with Crippen molar-refractivity contribution in [3.05, 3.63) is 68.7 Å². The van der Waals surface area contributed by atoms with Gasteiger partial charge in [0, 0.05) is 41.6 Å². The van der Waals surface area contributed by atoms with Gasteiger partial charge in [-0.1, -0.05) is 35.3 Å². The summed E-state index contributed by atoms with van der Waals surface area (Å²) in [4.78, 5) is 21.9. The van der Waals surface area contributed by atoms with Gasteiger partial charge in [-0.3, -0.25) is 9.48 Å². The van der Waals surface area contributed by atoms with Crippen LogP contribution < -0.4 is 0 Å². The van der Waals surface area contributed by atoms with Gasteiger partial charge >= 0.3 is 0 Å².